The van der Waals surface area contributed by atoms with Crippen LogP contribution in [-0.2, 0) is 0 Å². The van der Waals surface area contributed by atoms with E-state index in [1.165, 1.54) is 5.56 Å². The Kier molecular flexibility index (Phi) is 8.80. The van der Waals surface area contributed by atoms with Crippen molar-refractivity contribution in [2.45, 2.75) is 20.7 Å². The van der Waals surface area contributed by atoms with Gasteiger partial charge in [0, 0.05) is 27.1 Å². The van der Waals surface area contributed by atoms with Gasteiger partial charge in [0.15, 0.2) is 0 Å². The van der Waals surface area contributed by atoms with E-state index in [2.05, 4.69) is 91.0 Å². The van der Waals surface area contributed by atoms with Crippen LogP contribution in [0.25, 0.3) is 95.0 Å². The Morgan fingerprint density at radius 3 is 1.72 bits per heavy atom. The molecule has 2 heterocycles. The number of hydrogen-bond acceptors (Lipinski definition) is 3. The number of rotatable bonds is 8. The molecule has 292 valence electrons. The molecule has 61 heavy (non-hydrogen) atoms. The lowest BCUT2D eigenvalue weighted by Gasteiger charge is -2.15. The molecule has 4 nitrogen and oxygen atoms in total. The van der Waals surface area contributed by atoms with Crippen molar-refractivity contribution in [1.29, 1.82) is 0 Å². The normalized spacial score (nSPS) is 12.2. The van der Waals surface area contributed by atoms with Crippen LogP contribution in [0.4, 0.5) is 0 Å². The lowest BCUT2D eigenvalue weighted by atomic mass is 9.93. The third-order valence-electron chi connectivity index (χ3n) is 11.4. The van der Waals surface area contributed by atoms with E-state index in [1.807, 2.05) is 116 Å². The number of aryl methyl sites for hydroxylation is 3. The first-order valence-electron chi connectivity index (χ1n) is 21.9. The molecule has 0 amide bonds. The van der Waals surface area contributed by atoms with Gasteiger partial charge in [-0.15, -0.1) is 0 Å². The highest BCUT2D eigenvalue weighted by molar-refractivity contribution is 5.98. The zero-order valence-corrected chi connectivity index (χ0v) is 33.8. The number of aromatic hydroxyl groups is 1. The van der Waals surface area contributed by atoms with Gasteiger partial charge < -0.3 is 5.11 Å². The molecule has 0 radical (unpaired) electrons. The maximum atomic E-state index is 11.7. The second-order valence-corrected chi connectivity index (χ2v) is 15.6. The standard InChI is InChI=1S/C57H43N3O/c1-37-28-39(3)56(61)52(31-37)57-59-55-51(20-13-21-54(55)60(57)50-30-38(2)29-46(35-50)41-16-9-5-10-17-41)48-32-47(42-18-11-6-12-19-42)33-49(34-48)53-36-45(26-27-58-53)44-24-22-43(23-25-44)40-14-7-4-8-15-40/h4-36,61H,1-3H3/i2D3. The fraction of sp³-hybridized carbons (Fsp3) is 0.0526. The Labute approximate surface area is 361 Å². The zero-order chi connectivity index (χ0) is 44.0. The number of aromatic nitrogens is 3. The van der Waals surface area contributed by atoms with Gasteiger partial charge in [-0.2, -0.15) is 0 Å². The summed E-state index contributed by atoms with van der Waals surface area (Å²) in [6, 6.07) is 65.3. The van der Waals surface area contributed by atoms with Gasteiger partial charge in [0.25, 0.3) is 0 Å². The number of para-hydroxylation sites is 1. The van der Waals surface area contributed by atoms with Crippen molar-refractivity contribution >= 4 is 11.0 Å². The first kappa shape index (κ1) is 34.1. The van der Waals surface area contributed by atoms with Gasteiger partial charge in [-0.3, -0.25) is 9.55 Å². The van der Waals surface area contributed by atoms with Crippen molar-refractivity contribution in [1.82, 2.24) is 14.5 Å². The van der Waals surface area contributed by atoms with E-state index in [4.69, 9.17) is 14.1 Å². The molecule has 0 fully saturated rings. The molecule has 10 rings (SSSR count). The van der Waals surface area contributed by atoms with E-state index in [0.717, 1.165) is 78.0 Å². The van der Waals surface area contributed by atoms with Crippen molar-refractivity contribution in [3.05, 3.63) is 217 Å². The number of hydrogen-bond donors (Lipinski definition) is 1. The summed E-state index contributed by atoms with van der Waals surface area (Å²) in [5, 5.41) is 11.7. The maximum absolute atomic E-state index is 11.7. The summed E-state index contributed by atoms with van der Waals surface area (Å²) in [4.78, 5) is 10.3. The second-order valence-electron chi connectivity index (χ2n) is 15.6. The average molecular weight is 789 g/mol. The minimum absolute atomic E-state index is 0.119. The molecule has 0 saturated carbocycles. The van der Waals surface area contributed by atoms with Gasteiger partial charge in [0.2, 0.25) is 0 Å². The van der Waals surface area contributed by atoms with E-state index in [1.54, 1.807) is 12.1 Å². The molecule has 0 saturated heterocycles. The monoisotopic (exact) mass is 788 g/mol. The van der Waals surface area contributed by atoms with Crippen molar-refractivity contribution in [3.8, 4) is 89.7 Å². The Hall–Kier alpha value is -7.82. The highest BCUT2D eigenvalue weighted by Gasteiger charge is 2.22. The molecule has 0 aliphatic heterocycles. The van der Waals surface area contributed by atoms with Crippen LogP contribution in [-0.4, -0.2) is 19.6 Å². The van der Waals surface area contributed by atoms with Crippen molar-refractivity contribution in [2.24, 2.45) is 0 Å². The summed E-state index contributed by atoms with van der Waals surface area (Å²) >= 11 is 0. The molecule has 8 aromatic carbocycles. The number of phenolic OH excluding ortho intramolecular Hbond substituents is 1. The molecule has 10 aromatic rings. The largest absolute Gasteiger partial charge is 0.507 e. The van der Waals surface area contributed by atoms with Gasteiger partial charge in [-0.25, -0.2) is 4.98 Å². The second kappa shape index (κ2) is 15.7. The molecule has 0 spiro atoms. The van der Waals surface area contributed by atoms with Gasteiger partial charge in [-0.05, 0) is 142 Å². The van der Waals surface area contributed by atoms with Crippen molar-refractivity contribution < 1.29 is 9.22 Å². The molecular formula is C57H43N3O. The molecule has 0 unspecified atom stereocenters. The molecule has 0 bridgehead atoms. The highest BCUT2D eigenvalue weighted by atomic mass is 16.3. The highest BCUT2D eigenvalue weighted by Crippen LogP contribution is 2.42. The van der Waals surface area contributed by atoms with E-state index >= 15 is 0 Å². The predicted molar refractivity (Wildman–Crippen MR) is 253 cm³/mol. The zero-order valence-electron chi connectivity index (χ0n) is 36.8. The van der Waals surface area contributed by atoms with Gasteiger partial charge in [-0.1, -0.05) is 140 Å². The molecule has 1 N–H and O–H groups in total. The lowest BCUT2D eigenvalue weighted by Crippen LogP contribution is -2.00. The number of fused-ring (bicyclic) bond motifs is 1. The van der Waals surface area contributed by atoms with Gasteiger partial charge >= 0.3 is 0 Å². The third kappa shape index (κ3) is 7.30. The molecule has 0 atom stereocenters. The van der Waals surface area contributed by atoms with Crippen LogP contribution in [0.3, 0.4) is 0 Å². The smallest absolute Gasteiger partial charge is 0.149 e. The first-order chi connectivity index (χ1) is 31.1. The Bertz CT molecular complexity index is 3320. The lowest BCUT2D eigenvalue weighted by molar-refractivity contribution is 0.472. The fourth-order valence-corrected chi connectivity index (χ4v) is 8.42. The molecule has 2 aromatic heterocycles. The van der Waals surface area contributed by atoms with Crippen molar-refractivity contribution in [3.63, 3.8) is 0 Å². The Morgan fingerprint density at radius 2 is 1.05 bits per heavy atom. The van der Waals surface area contributed by atoms with E-state index in [0.29, 0.717) is 22.6 Å². The van der Waals surface area contributed by atoms with E-state index < -0.39 is 6.85 Å². The average Bonchev–Trinajstić information content (AvgIpc) is 3.73. The molecule has 0 aliphatic carbocycles. The van der Waals surface area contributed by atoms with Crippen LogP contribution in [0, 0.1) is 20.7 Å². The van der Waals surface area contributed by atoms with E-state index in [9.17, 15) is 5.11 Å². The van der Waals surface area contributed by atoms with E-state index in [-0.39, 0.29) is 11.3 Å². The van der Waals surface area contributed by atoms with Crippen LogP contribution >= 0.6 is 0 Å². The third-order valence-corrected chi connectivity index (χ3v) is 11.4. The summed E-state index contributed by atoms with van der Waals surface area (Å²) in [7, 11) is 0. The summed E-state index contributed by atoms with van der Waals surface area (Å²) < 4.78 is 27.6. The summed E-state index contributed by atoms with van der Waals surface area (Å²) in [5.74, 6) is 0.619. The van der Waals surface area contributed by atoms with Crippen LogP contribution < -0.4 is 0 Å². The number of benzene rings is 8. The summed E-state index contributed by atoms with van der Waals surface area (Å²) in [6.45, 7) is 1.50. The Morgan fingerprint density at radius 1 is 0.459 bits per heavy atom. The number of pyridine rings is 1. The Balaban J connectivity index is 1.18. The SMILES string of the molecule is [2H]C([2H])([2H])c1cc(-c2ccccc2)cc(-n2c(-c3cc(C)cc(C)c3O)nc3c(-c4cc(-c5ccccc5)cc(-c5cc(-c6ccc(-c7ccccc7)cc6)ccn5)c4)cccc32)c1. The molecular weight excluding hydrogens is 743 g/mol. The molecule has 4 heteroatoms. The topological polar surface area (TPSA) is 50.9 Å². The van der Waals surface area contributed by atoms with Gasteiger partial charge in [0.1, 0.15) is 11.6 Å². The summed E-state index contributed by atoms with van der Waals surface area (Å²) in [5.41, 5.74) is 16.3. The minimum atomic E-state index is -2.38. The quantitative estimate of drug-likeness (QED) is 0.167. The van der Waals surface area contributed by atoms with Crippen LogP contribution in [0.5, 0.6) is 5.75 Å². The van der Waals surface area contributed by atoms with Crippen molar-refractivity contribution in [2.75, 3.05) is 0 Å². The minimum Gasteiger partial charge on any atom is -0.507 e. The number of imidazole rings is 1. The number of nitrogens with zero attached hydrogens (tertiary/aromatic N) is 3. The predicted octanol–water partition coefficient (Wildman–Crippen LogP) is 14.7. The van der Waals surface area contributed by atoms with Crippen LogP contribution in [0.15, 0.2) is 200 Å². The number of phenols is 1. The summed E-state index contributed by atoms with van der Waals surface area (Å²) in [6.07, 6.45) is 1.87. The fourth-order valence-electron chi connectivity index (χ4n) is 8.42. The molecule has 0 aliphatic rings. The van der Waals surface area contributed by atoms with Crippen LogP contribution in [0.1, 0.15) is 20.8 Å². The van der Waals surface area contributed by atoms with Crippen LogP contribution in [0.2, 0.25) is 0 Å². The maximum Gasteiger partial charge on any atom is 0.149 e. The van der Waals surface area contributed by atoms with Gasteiger partial charge in [0.05, 0.1) is 22.3 Å². The first-order valence-corrected chi connectivity index (χ1v) is 20.4.